The normalized spacial score (nSPS) is 17.1. The third kappa shape index (κ3) is 1.84. The Balaban J connectivity index is 1.95. The molecule has 0 aliphatic heterocycles. The fourth-order valence-electron chi connectivity index (χ4n) is 1.58. The van der Waals surface area contributed by atoms with Gasteiger partial charge in [-0.1, -0.05) is 0 Å². The van der Waals surface area contributed by atoms with Crippen LogP contribution >= 0.6 is 0 Å². The first-order valence-electron chi connectivity index (χ1n) is 4.64. The molecule has 3 N–H and O–H groups in total. The lowest BCUT2D eigenvalue weighted by molar-refractivity contribution is 0.0304. The number of carbonyl (C=O) groups is 1. The number of hydrogen-bond acceptors (Lipinski definition) is 5. The molecule has 2 rings (SSSR count). The van der Waals surface area contributed by atoms with E-state index in [-0.39, 0.29) is 17.9 Å². The van der Waals surface area contributed by atoms with Gasteiger partial charge in [0, 0.05) is 0 Å². The van der Waals surface area contributed by atoms with Crippen LogP contribution < -0.4 is 5.73 Å². The van der Waals surface area contributed by atoms with Crippen LogP contribution in [-0.2, 0) is 4.74 Å². The quantitative estimate of drug-likeness (QED) is 0.671. The molecule has 76 valence electrons. The number of nitrogens with zero attached hydrogens (tertiary/aromatic N) is 2. The van der Waals surface area contributed by atoms with Crippen LogP contribution in [0.15, 0.2) is 0 Å². The minimum Gasteiger partial charge on any atom is -0.457 e. The smallest absolute Gasteiger partial charge is 0.376 e. The van der Waals surface area contributed by atoms with Crippen LogP contribution in [0.5, 0.6) is 0 Å². The molecule has 0 aromatic carbocycles. The number of carbonyl (C=O) groups excluding carboxylic acids is 1. The Morgan fingerprint density at radius 3 is 2.79 bits per heavy atom. The van der Waals surface area contributed by atoms with Gasteiger partial charge in [-0.3, -0.25) is 5.10 Å². The SMILES string of the molecule is Nc1n[nH]c(C(=O)OC2CCCC2)n1. The highest BCUT2D eigenvalue weighted by atomic mass is 16.5. The molecule has 14 heavy (non-hydrogen) atoms. The summed E-state index contributed by atoms with van der Waals surface area (Å²) in [4.78, 5) is 15.1. The molecule has 1 saturated carbocycles. The van der Waals surface area contributed by atoms with Crippen LogP contribution in [0, 0.1) is 0 Å². The molecule has 0 atom stereocenters. The van der Waals surface area contributed by atoms with Gasteiger partial charge < -0.3 is 10.5 Å². The lowest BCUT2D eigenvalue weighted by atomic mass is 10.3. The highest BCUT2D eigenvalue weighted by Crippen LogP contribution is 2.21. The molecule has 1 aliphatic carbocycles. The van der Waals surface area contributed by atoms with Crippen molar-refractivity contribution < 1.29 is 9.53 Å². The van der Waals surface area contributed by atoms with E-state index in [0.29, 0.717) is 0 Å². The van der Waals surface area contributed by atoms with Crippen molar-refractivity contribution in [3.8, 4) is 0 Å². The Labute approximate surface area is 80.8 Å². The standard InChI is InChI=1S/C8H12N4O2/c9-8-10-6(11-12-8)7(13)14-5-3-1-2-4-5/h5H,1-4H2,(H3,9,10,11,12). The van der Waals surface area contributed by atoms with Gasteiger partial charge in [-0.15, -0.1) is 5.10 Å². The molecular formula is C8H12N4O2. The van der Waals surface area contributed by atoms with Crippen molar-refractivity contribution in [2.24, 2.45) is 0 Å². The van der Waals surface area contributed by atoms with Gasteiger partial charge in [0.2, 0.25) is 11.8 Å². The molecule has 1 fully saturated rings. The van der Waals surface area contributed by atoms with E-state index in [2.05, 4.69) is 15.2 Å². The van der Waals surface area contributed by atoms with Crippen LogP contribution in [-0.4, -0.2) is 27.3 Å². The van der Waals surface area contributed by atoms with E-state index in [4.69, 9.17) is 10.5 Å². The van der Waals surface area contributed by atoms with Crippen molar-refractivity contribution in [1.29, 1.82) is 0 Å². The van der Waals surface area contributed by atoms with E-state index in [1.807, 2.05) is 0 Å². The van der Waals surface area contributed by atoms with Crippen molar-refractivity contribution >= 4 is 11.9 Å². The Hall–Kier alpha value is -1.59. The van der Waals surface area contributed by atoms with Crippen LogP contribution in [0.25, 0.3) is 0 Å². The van der Waals surface area contributed by atoms with Crippen LogP contribution in [0.1, 0.15) is 36.3 Å². The molecule has 6 heteroatoms. The Bertz CT molecular complexity index is 330. The summed E-state index contributed by atoms with van der Waals surface area (Å²) < 4.78 is 5.18. The van der Waals surface area contributed by atoms with Gasteiger partial charge in [0.25, 0.3) is 0 Å². The first-order valence-corrected chi connectivity index (χ1v) is 4.64. The van der Waals surface area contributed by atoms with Crippen molar-refractivity contribution in [3.63, 3.8) is 0 Å². The van der Waals surface area contributed by atoms with E-state index >= 15 is 0 Å². The van der Waals surface area contributed by atoms with Crippen molar-refractivity contribution in [3.05, 3.63) is 5.82 Å². The maximum Gasteiger partial charge on any atom is 0.376 e. The second kappa shape index (κ2) is 3.65. The van der Waals surface area contributed by atoms with Crippen molar-refractivity contribution in [2.75, 3.05) is 5.73 Å². The topological polar surface area (TPSA) is 93.9 Å². The largest absolute Gasteiger partial charge is 0.457 e. The lowest BCUT2D eigenvalue weighted by Crippen LogP contribution is -2.16. The van der Waals surface area contributed by atoms with Gasteiger partial charge >= 0.3 is 5.97 Å². The molecule has 1 aromatic rings. The molecule has 0 saturated heterocycles. The fourth-order valence-corrected chi connectivity index (χ4v) is 1.58. The van der Waals surface area contributed by atoms with Gasteiger partial charge in [-0.25, -0.2) is 4.79 Å². The number of rotatable bonds is 2. The highest BCUT2D eigenvalue weighted by molar-refractivity contribution is 5.85. The Morgan fingerprint density at radius 1 is 1.50 bits per heavy atom. The summed E-state index contributed by atoms with van der Waals surface area (Å²) >= 11 is 0. The maximum absolute atomic E-state index is 11.4. The average molecular weight is 196 g/mol. The van der Waals surface area contributed by atoms with Gasteiger partial charge in [0.05, 0.1) is 0 Å². The average Bonchev–Trinajstić information content (AvgIpc) is 2.75. The van der Waals surface area contributed by atoms with Gasteiger partial charge in [0.15, 0.2) is 0 Å². The first kappa shape index (κ1) is 8.98. The molecule has 6 nitrogen and oxygen atoms in total. The summed E-state index contributed by atoms with van der Waals surface area (Å²) in [7, 11) is 0. The summed E-state index contributed by atoms with van der Waals surface area (Å²) in [6.07, 6.45) is 4.16. The lowest BCUT2D eigenvalue weighted by Gasteiger charge is -2.08. The van der Waals surface area contributed by atoms with E-state index in [0.717, 1.165) is 25.7 Å². The van der Waals surface area contributed by atoms with Crippen molar-refractivity contribution in [2.45, 2.75) is 31.8 Å². The van der Waals surface area contributed by atoms with Gasteiger partial charge in [0.1, 0.15) is 6.10 Å². The third-order valence-corrected chi connectivity index (χ3v) is 2.27. The number of aromatic amines is 1. The molecule has 0 radical (unpaired) electrons. The number of H-pyrrole nitrogens is 1. The van der Waals surface area contributed by atoms with E-state index in [1.54, 1.807) is 0 Å². The minimum atomic E-state index is -0.471. The van der Waals surface area contributed by atoms with E-state index < -0.39 is 5.97 Å². The number of anilines is 1. The first-order chi connectivity index (χ1) is 6.75. The summed E-state index contributed by atoms with van der Waals surface area (Å²) in [5.74, 6) is -0.334. The molecular weight excluding hydrogens is 184 g/mol. The number of ether oxygens (including phenoxy) is 1. The fraction of sp³-hybridized carbons (Fsp3) is 0.625. The molecule has 0 amide bonds. The minimum absolute atomic E-state index is 0.0359. The zero-order chi connectivity index (χ0) is 9.97. The maximum atomic E-state index is 11.4. The molecule has 1 aliphatic rings. The summed E-state index contributed by atoms with van der Waals surface area (Å²) in [6, 6.07) is 0. The number of nitrogens with two attached hydrogens (primary N) is 1. The number of nitrogens with one attached hydrogen (secondary N) is 1. The molecule has 0 bridgehead atoms. The summed E-state index contributed by atoms with van der Waals surface area (Å²) in [5.41, 5.74) is 5.26. The van der Waals surface area contributed by atoms with E-state index in [1.165, 1.54) is 0 Å². The van der Waals surface area contributed by atoms with E-state index in [9.17, 15) is 4.79 Å². The monoisotopic (exact) mass is 196 g/mol. The van der Waals surface area contributed by atoms with Crippen LogP contribution in [0.2, 0.25) is 0 Å². The van der Waals surface area contributed by atoms with Crippen molar-refractivity contribution in [1.82, 2.24) is 15.2 Å². The number of nitrogen functional groups attached to an aromatic ring is 1. The summed E-state index contributed by atoms with van der Waals surface area (Å²) in [6.45, 7) is 0. The van der Waals surface area contributed by atoms with Crippen LogP contribution in [0.4, 0.5) is 5.95 Å². The third-order valence-electron chi connectivity index (χ3n) is 2.27. The zero-order valence-corrected chi connectivity index (χ0v) is 7.69. The molecule has 1 heterocycles. The van der Waals surface area contributed by atoms with Gasteiger partial charge in [-0.2, -0.15) is 4.98 Å². The molecule has 0 spiro atoms. The Kier molecular flexibility index (Phi) is 2.34. The predicted molar refractivity (Wildman–Crippen MR) is 48.5 cm³/mol. The number of aromatic nitrogens is 3. The summed E-state index contributed by atoms with van der Waals surface area (Å²) in [5, 5.41) is 5.97. The Morgan fingerprint density at radius 2 is 2.21 bits per heavy atom. The second-order valence-corrected chi connectivity index (χ2v) is 3.35. The van der Waals surface area contributed by atoms with Crippen LogP contribution in [0.3, 0.4) is 0 Å². The molecule has 1 aromatic heterocycles. The zero-order valence-electron chi connectivity index (χ0n) is 7.69. The molecule has 0 unspecified atom stereocenters. The highest BCUT2D eigenvalue weighted by Gasteiger charge is 2.21. The second-order valence-electron chi connectivity index (χ2n) is 3.35. The predicted octanol–water partition coefficient (Wildman–Crippen LogP) is 0.486. The number of esters is 1. The van der Waals surface area contributed by atoms with Gasteiger partial charge in [-0.05, 0) is 25.7 Å². The number of hydrogen-bond donors (Lipinski definition) is 2.